The first-order valence-corrected chi connectivity index (χ1v) is 10.5. The third kappa shape index (κ3) is 3.41. The first-order valence-electron chi connectivity index (χ1n) is 8.68. The van der Waals surface area contributed by atoms with E-state index in [0.29, 0.717) is 17.7 Å². The molecule has 1 saturated carbocycles. The maximum absolute atomic E-state index is 12.5. The Morgan fingerprint density at radius 2 is 2.08 bits per heavy atom. The summed E-state index contributed by atoms with van der Waals surface area (Å²) in [6.07, 6.45) is 7.98. The maximum Gasteiger partial charge on any atom is 0.142 e. The van der Waals surface area contributed by atoms with Gasteiger partial charge in [-0.15, -0.1) is 0 Å². The Kier molecular flexibility index (Phi) is 5.08. The number of rotatable bonds is 5. The van der Waals surface area contributed by atoms with Crippen LogP contribution in [0.3, 0.4) is 0 Å². The number of aromatic nitrogens is 3. The van der Waals surface area contributed by atoms with Crippen molar-refractivity contribution in [2.75, 3.05) is 30.5 Å². The molecule has 0 aliphatic heterocycles. The van der Waals surface area contributed by atoms with Crippen molar-refractivity contribution >= 4 is 26.6 Å². The topological polar surface area (TPSA) is 74.2 Å². The van der Waals surface area contributed by atoms with Crippen LogP contribution < -0.4 is 4.90 Å². The quantitative estimate of drug-likeness (QED) is 0.900. The molecule has 1 aliphatic carbocycles. The average molecular weight is 350 g/mol. The first-order chi connectivity index (χ1) is 11.6. The summed E-state index contributed by atoms with van der Waals surface area (Å²) in [5.41, 5.74) is 0.882. The van der Waals surface area contributed by atoms with Gasteiger partial charge in [-0.3, -0.25) is 0 Å². The Labute approximate surface area is 144 Å². The number of fused-ring (bicyclic) bond motifs is 1. The number of H-pyrrole nitrogens is 1. The van der Waals surface area contributed by atoms with Crippen molar-refractivity contribution in [2.24, 2.45) is 10.3 Å². The second-order valence-electron chi connectivity index (χ2n) is 6.63. The fourth-order valence-corrected chi connectivity index (χ4v) is 5.41. The van der Waals surface area contributed by atoms with E-state index in [0.717, 1.165) is 48.3 Å². The third-order valence-corrected chi connectivity index (χ3v) is 7.87. The molecule has 0 spiro atoms. The Morgan fingerprint density at radius 3 is 2.75 bits per heavy atom. The van der Waals surface area contributed by atoms with Crippen molar-refractivity contribution in [2.45, 2.75) is 38.6 Å². The highest BCUT2D eigenvalue weighted by molar-refractivity contribution is 7.93. The molecule has 2 aromatic rings. The van der Waals surface area contributed by atoms with E-state index >= 15 is 0 Å². The van der Waals surface area contributed by atoms with Crippen LogP contribution in [0.1, 0.15) is 32.6 Å². The fourth-order valence-electron chi connectivity index (χ4n) is 3.70. The van der Waals surface area contributed by atoms with Crippen LogP contribution >= 0.6 is 0 Å². The van der Waals surface area contributed by atoms with E-state index in [4.69, 9.17) is 0 Å². The van der Waals surface area contributed by atoms with Crippen LogP contribution in [0.4, 0.5) is 5.82 Å². The standard InChI is InChI=1S/C17H27N5OS/c1-4-24(23,18-2)11-13-5-7-14(8-6-13)22(3)17-15-9-10-19-16(15)20-12-21-17/h9-10,12-14H,4-8,11H2,1-3H3,(H,19,20,21)/t13-,14+,24-/m0/s1. The number of nitrogens with one attached hydrogen (secondary N) is 1. The predicted molar refractivity (Wildman–Crippen MR) is 99.9 cm³/mol. The van der Waals surface area contributed by atoms with Gasteiger partial charge in [-0.05, 0) is 37.7 Å². The molecule has 24 heavy (non-hydrogen) atoms. The minimum atomic E-state index is -1.99. The SMILES string of the molecule is CC[S@](=O)(C[C@H]1CC[C@@H](N(C)c2ncnc3[nH]ccc23)CC1)=NC. The van der Waals surface area contributed by atoms with Crippen LogP contribution in [0, 0.1) is 5.92 Å². The summed E-state index contributed by atoms with van der Waals surface area (Å²) in [7, 11) is 1.83. The van der Waals surface area contributed by atoms with Gasteiger partial charge in [-0.2, -0.15) is 0 Å². The molecule has 0 radical (unpaired) electrons. The van der Waals surface area contributed by atoms with Crippen LogP contribution in [0.25, 0.3) is 11.0 Å². The van der Waals surface area contributed by atoms with Gasteiger partial charge in [0.2, 0.25) is 0 Å². The van der Waals surface area contributed by atoms with Gasteiger partial charge in [0, 0.05) is 47.6 Å². The maximum atomic E-state index is 12.5. The number of nitrogens with zero attached hydrogens (tertiary/aromatic N) is 4. The molecule has 2 heterocycles. The molecule has 1 atom stereocenters. The van der Waals surface area contributed by atoms with Crippen molar-refractivity contribution in [1.82, 2.24) is 15.0 Å². The van der Waals surface area contributed by atoms with Crippen molar-refractivity contribution < 1.29 is 4.21 Å². The van der Waals surface area contributed by atoms with Gasteiger partial charge in [-0.25, -0.2) is 18.5 Å². The van der Waals surface area contributed by atoms with Gasteiger partial charge in [0.25, 0.3) is 0 Å². The van der Waals surface area contributed by atoms with Crippen molar-refractivity contribution in [3.8, 4) is 0 Å². The van der Waals surface area contributed by atoms with E-state index < -0.39 is 9.73 Å². The van der Waals surface area contributed by atoms with Gasteiger partial charge in [0.05, 0.1) is 5.39 Å². The summed E-state index contributed by atoms with van der Waals surface area (Å²) in [5, 5.41) is 1.07. The Morgan fingerprint density at radius 1 is 1.33 bits per heavy atom. The van der Waals surface area contributed by atoms with Crippen LogP contribution in [-0.2, 0) is 9.73 Å². The zero-order valence-electron chi connectivity index (χ0n) is 14.7. The molecular formula is C17H27N5OS. The molecule has 0 bridgehead atoms. The fraction of sp³-hybridized carbons (Fsp3) is 0.647. The number of hydrogen-bond donors (Lipinski definition) is 1. The lowest BCUT2D eigenvalue weighted by Gasteiger charge is -2.35. The molecular weight excluding hydrogens is 322 g/mol. The molecule has 1 aliphatic rings. The van der Waals surface area contributed by atoms with Crippen molar-refractivity contribution in [3.63, 3.8) is 0 Å². The minimum Gasteiger partial charge on any atom is -0.356 e. The molecule has 0 saturated heterocycles. The Balaban J connectivity index is 1.66. The lowest BCUT2D eigenvalue weighted by atomic mass is 9.86. The van der Waals surface area contributed by atoms with Crippen LogP contribution in [-0.4, -0.2) is 50.8 Å². The number of anilines is 1. The van der Waals surface area contributed by atoms with Gasteiger partial charge >= 0.3 is 0 Å². The van der Waals surface area contributed by atoms with Gasteiger partial charge in [-0.1, -0.05) is 6.92 Å². The summed E-state index contributed by atoms with van der Waals surface area (Å²) < 4.78 is 16.7. The zero-order chi connectivity index (χ0) is 17.2. The highest BCUT2D eigenvalue weighted by Gasteiger charge is 2.27. The van der Waals surface area contributed by atoms with Gasteiger partial charge < -0.3 is 9.88 Å². The normalized spacial score (nSPS) is 23.8. The molecule has 1 N–H and O–H groups in total. The van der Waals surface area contributed by atoms with Crippen LogP contribution in [0.2, 0.25) is 0 Å². The predicted octanol–water partition coefficient (Wildman–Crippen LogP) is 3.07. The second-order valence-corrected chi connectivity index (χ2v) is 9.45. The van der Waals surface area contributed by atoms with E-state index in [-0.39, 0.29) is 0 Å². The summed E-state index contributed by atoms with van der Waals surface area (Å²) in [6.45, 7) is 1.98. The lowest BCUT2D eigenvalue weighted by molar-refractivity contribution is 0.342. The number of aromatic amines is 1. The minimum absolute atomic E-state index is 0.477. The molecule has 7 heteroatoms. The first kappa shape index (κ1) is 17.2. The highest BCUT2D eigenvalue weighted by atomic mass is 32.2. The second kappa shape index (κ2) is 7.09. The lowest BCUT2D eigenvalue weighted by Crippen LogP contribution is -2.37. The molecule has 0 aromatic carbocycles. The third-order valence-electron chi connectivity index (χ3n) is 5.31. The Hall–Kier alpha value is -1.63. The van der Waals surface area contributed by atoms with Crippen LogP contribution in [0.15, 0.2) is 23.0 Å². The van der Waals surface area contributed by atoms with E-state index in [1.54, 1.807) is 13.4 Å². The summed E-state index contributed by atoms with van der Waals surface area (Å²) in [6, 6.07) is 2.51. The van der Waals surface area contributed by atoms with E-state index in [9.17, 15) is 4.21 Å². The summed E-state index contributed by atoms with van der Waals surface area (Å²) >= 11 is 0. The van der Waals surface area contributed by atoms with Crippen molar-refractivity contribution in [1.29, 1.82) is 0 Å². The van der Waals surface area contributed by atoms with E-state index in [2.05, 4.69) is 31.3 Å². The highest BCUT2D eigenvalue weighted by Crippen LogP contribution is 2.32. The van der Waals surface area contributed by atoms with E-state index in [1.807, 2.05) is 19.2 Å². The molecule has 1 fully saturated rings. The Bertz CT molecular complexity index is 800. The molecule has 132 valence electrons. The molecule has 0 unspecified atom stereocenters. The number of hydrogen-bond acceptors (Lipinski definition) is 5. The van der Waals surface area contributed by atoms with Crippen LogP contribution in [0.5, 0.6) is 0 Å². The molecule has 6 nitrogen and oxygen atoms in total. The average Bonchev–Trinajstić information content (AvgIpc) is 3.10. The van der Waals surface area contributed by atoms with Gasteiger partial charge in [0.15, 0.2) is 0 Å². The monoisotopic (exact) mass is 349 g/mol. The smallest absolute Gasteiger partial charge is 0.142 e. The molecule has 2 aromatic heterocycles. The van der Waals surface area contributed by atoms with Crippen molar-refractivity contribution in [3.05, 3.63) is 18.6 Å². The largest absolute Gasteiger partial charge is 0.356 e. The zero-order valence-corrected chi connectivity index (χ0v) is 15.6. The molecule has 0 amide bonds. The summed E-state index contributed by atoms with van der Waals surface area (Å²) in [5.74, 6) is 2.94. The van der Waals surface area contributed by atoms with Gasteiger partial charge in [0.1, 0.15) is 17.8 Å². The summed E-state index contributed by atoms with van der Waals surface area (Å²) in [4.78, 5) is 14.2. The molecule has 3 rings (SSSR count). The van der Waals surface area contributed by atoms with E-state index in [1.165, 1.54) is 0 Å².